The van der Waals surface area contributed by atoms with Crippen molar-refractivity contribution in [2.24, 2.45) is 0 Å². The summed E-state index contributed by atoms with van der Waals surface area (Å²) in [6.07, 6.45) is 0. The quantitative estimate of drug-likeness (QED) is 0.627. The number of nitrogens with zero attached hydrogens (tertiary/aromatic N) is 1. The number of aromatic nitrogens is 2. The monoisotopic (exact) mass is 272 g/mol. The van der Waals surface area contributed by atoms with Crippen molar-refractivity contribution in [3.05, 3.63) is 29.6 Å². The minimum Gasteiger partial charge on any atom is -0.342 e. The van der Waals surface area contributed by atoms with Gasteiger partial charge in [0.25, 0.3) is 0 Å². The summed E-state index contributed by atoms with van der Waals surface area (Å²) in [5, 5.41) is 0. The van der Waals surface area contributed by atoms with Crippen molar-refractivity contribution in [1.29, 1.82) is 0 Å². The van der Waals surface area contributed by atoms with E-state index in [0.29, 0.717) is 0 Å². The maximum absolute atomic E-state index is 4.42. The summed E-state index contributed by atoms with van der Waals surface area (Å²) >= 11 is 2.36. The summed E-state index contributed by atoms with van der Waals surface area (Å²) in [5.74, 6) is 0.988. The van der Waals surface area contributed by atoms with Crippen molar-refractivity contribution in [3.8, 4) is 0 Å². The van der Waals surface area contributed by atoms with Gasteiger partial charge in [-0.2, -0.15) is 0 Å². The van der Waals surface area contributed by atoms with Gasteiger partial charge >= 0.3 is 0 Å². The molecule has 0 unspecified atom stereocenters. The second-order valence-electron chi connectivity index (χ2n) is 2.77. The van der Waals surface area contributed by atoms with Gasteiger partial charge in [-0.3, -0.25) is 0 Å². The molecule has 0 fully saturated rings. The Kier molecular flexibility index (Phi) is 2.04. The standard InChI is InChI=1S/C9H9IN2/c1-6-11-8-4-2-3-7(5-10)9(8)12-6/h2-4H,5H2,1H3,(H,11,12). The number of H-pyrrole nitrogens is 1. The van der Waals surface area contributed by atoms with Crippen molar-refractivity contribution < 1.29 is 0 Å². The van der Waals surface area contributed by atoms with E-state index in [1.165, 1.54) is 5.56 Å². The van der Waals surface area contributed by atoms with Gasteiger partial charge in [-0.05, 0) is 18.6 Å². The second kappa shape index (κ2) is 3.05. The first-order valence-electron chi connectivity index (χ1n) is 3.81. The molecule has 2 nitrogen and oxygen atoms in total. The average Bonchev–Trinajstić information content (AvgIpc) is 2.44. The Balaban J connectivity index is 2.78. The normalized spacial score (nSPS) is 10.8. The summed E-state index contributed by atoms with van der Waals surface area (Å²) in [5.41, 5.74) is 3.56. The molecule has 12 heavy (non-hydrogen) atoms. The minimum absolute atomic E-state index is 0.988. The van der Waals surface area contributed by atoms with E-state index in [1.807, 2.05) is 6.92 Å². The molecule has 0 radical (unpaired) electrons. The molecular weight excluding hydrogens is 263 g/mol. The maximum atomic E-state index is 4.42. The van der Waals surface area contributed by atoms with E-state index in [0.717, 1.165) is 21.3 Å². The van der Waals surface area contributed by atoms with Gasteiger partial charge < -0.3 is 4.98 Å². The van der Waals surface area contributed by atoms with E-state index in [9.17, 15) is 0 Å². The fourth-order valence-corrected chi connectivity index (χ4v) is 1.94. The smallest absolute Gasteiger partial charge is 0.104 e. The van der Waals surface area contributed by atoms with Crippen molar-refractivity contribution in [3.63, 3.8) is 0 Å². The van der Waals surface area contributed by atoms with E-state index in [-0.39, 0.29) is 0 Å². The molecule has 0 aliphatic rings. The third-order valence-corrected chi connectivity index (χ3v) is 2.68. The zero-order chi connectivity index (χ0) is 8.55. The van der Waals surface area contributed by atoms with Gasteiger partial charge in [0, 0.05) is 4.43 Å². The predicted octanol–water partition coefficient (Wildman–Crippen LogP) is 2.81. The van der Waals surface area contributed by atoms with E-state index in [4.69, 9.17) is 0 Å². The van der Waals surface area contributed by atoms with E-state index < -0.39 is 0 Å². The molecule has 1 aromatic heterocycles. The van der Waals surface area contributed by atoms with Crippen LogP contribution < -0.4 is 0 Å². The molecule has 0 aliphatic heterocycles. The molecule has 0 aliphatic carbocycles. The number of aromatic amines is 1. The third kappa shape index (κ3) is 1.22. The first-order valence-corrected chi connectivity index (χ1v) is 5.34. The summed E-state index contributed by atoms with van der Waals surface area (Å²) in [6.45, 7) is 1.98. The Morgan fingerprint density at radius 3 is 3.08 bits per heavy atom. The number of rotatable bonds is 1. The Labute approximate surface area is 84.5 Å². The lowest BCUT2D eigenvalue weighted by Crippen LogP contribution is -1.79. The van der Waals surface area contributed by atoms with Gasteiger partial charge in [0.2, 0.25) is 0 Å². The highest BCUT2D eigenvalue weighted by molar-refractivity contribution is 14.1. The molecule has 0 spiro atoms. The zero-order valence-electron chi connectivity index (χ0n) is 6.76. The minimum atomic E-state index is 0.988. The highest BCUT2D eigenvalue weighted by Gasteiger charge is 2.02. The zero-order valence-corrected chi connectivity index (χ0v) is 8.92. The number of halogens is 1. The van der Waals surface area contributed by atoms with Crippen LogP contribution in [0.25, 0.3) is 11.0 Å². The summed E-state index contributed by atoms with van der Waals surface area (Å²) in [7, 11) is 0. The second-order valence-corrected chi connectivity index (χ2v) is 3.53. The molecule has 1 aromatic carbocycles. The SMILES string of the molecule is Cc1nc2c(CI)cccc2[nH]1. The molecule has 0 saturated carbocycles. The fourth-order valence-electron chi connectivity index (χ4n) is 1.32. The number of hydrogen-bond donors (Lipinski definition) is 1. The van der Waals surface area contributed by atoms with Crippen LogP contribution in [0.5, 0.6) is 0 Å². The largest absolute Gasteiger partial charge is 0.342 e. The van der Waals surface area contributed by atoms with Crippen molar-refractivity contribution in [1.82, 2.24) is 9.97 Å². The molecular formula is C9H9IN2. The number of nitrogens with one attached hydrogen (secondary N) is 1. The lowest BCUT2D eigenvalue weighted by atomic mass is 10.2. The van der Waals surface area contributed by atoms with E-state index >= 15 is 0 Å². The van der Waals surface area contributed by atoms with Crippen LogP contribution in [0.4, 0.5) is 0 Å². The topological polar surface area (TPSA) is 28.7 Å². The van der Waals surface area contributed by atoms with Crippen molar-refractivity contribution in [2.75, 3.05) is 0 Å². The van der Waals surface area contributed by atoms with Crippen LogP contribution in [0, 0.1) is 6.92 Å². The molecule has 62 valence electrons. The van der Waals surface area contributed by atoms with E-state index in [1.54, 1.807) is 0 Å². The van der Waals surface area contributed by atoms with E-state index in [2.05, 4.69) is 50.8 Å². The molecule has 3 heteroatoms. The predicted molar refractivity (Wildman–Crippen MR) is 58.6 cm³/mol. The van der Waals surface area contributed by atoms with Crippen LogP contribution >= 0.6 is 22.6 Å². The van der Waals surface area contributed by atoms with Gasteiger partial charge in [-0.1, -0.05) is 34.7 Å². The highest BCUT2D eigenvalue weighted by Crippen LogP contribution is 2.18. The first kappa shape index (κ1) is 8.04. The number of hydrogen-bond acceptors (Lipinski definition) is 1. The van der Waals surface area contributed by atoms with Gasteiger partial charge in [-0.25, -0.2) is 4.98 Å². The third-order valence-electron chi connectivity index (χ3n) is 1.86. The van der Waals surface area contributed by atoms with Crippen LogP contribution in [-0.4, -0.2) is 9.97 Å². The Morgan fingerprint density at radius 1 is 1.50 bits per heavy atom. The summed E-state index contributed by atoms with van der Waals surface area (Å²) in [4.78, 5) is 7.64. The fraction of sp³-hybridized carbons (Fsp3) is 0.222. The molecule has 0 amide bonds. The lowest BCUT2D eigenvalue weighted by Gasteiger charge is -1.94. The van der Waals surface area contributed by atoms with Crippen molar-refractivity contribution in [2.45, 2.75) is 11.4 Å². The number of alkyl halides is 1. The first-order chi connectivity index (χ1) is 5.81. The summed E-state index contributed by atoms with van der Waals surface area (Å²) in [6, 6.07) is 6.24. The lowest BCUT2D eigenvalue weighted by molar-refractivity contribution is 1.17. The molecule has 0 bridgehead atoms. The van der Waals surface area contributed by atoms with Crippen LogP contribution in [0.3, 0.4) is 0 Å². The van der Waals surface area contributed by atoms with Crippen LogP contribution in [0.1, 0.15) is 11.4 Å². The van der Waals surface area contributed by atoms with Crippen LogP contribution in [-0.2, 0) is 4.43 Å². The Morgan fingerprint density at radius 2 is 2.33 bits per heavy atom. The molecule has 1 heterocycles. The number of imidazole rings is 1. The number of aryl methyl sites for hydroxylation is 1. The van der Waals surface area contributed by atoms with Crippen LogP contribution in [0.15, 0.2) is 18.2 Å². The Bertz CT molecular complexity index is 406. The van der Waals surface area contributed by atoms with Gasteiger partial charge in [0.15, 0.2) is 0 Å². The maximum Gasteiger partial charge on any atom is 0.104 e. The number of benzene rings is 1. The molecule has 0 atom stereocenters. The molecule has 0 saturated heterocycles. The number of para-hydroxylation sites is 1. The molecule has 1 N–H and O–H groups in total. The van der Waals surface area contributed by atoms with Crippen LogP contribution in [0.2, 0.25) is 0 Å². The number of fused-ring (bicyclic) bond motifs is 1. The molecule has 2 rings (SSSR count). The average molecular weight is 272 g/mol. The highest BCUT2D eigenvalue weighted by atomic mass is 127. The summed E-state index contributed by atoms with van der Waals surface area (Å²) < 4.78 is 1.01. The van der Waals surface area contributed by atoms with Gasteiger partial charge in [0.05, 0.1) is 11.0 Å². The van der Waals surface area contributed by atoms with Crippen molar-refractivity contribution >= 4 is 33.6 Å². The molecule has 2 aromatic rings. The Hall–Kier alpha value is -0.580. The van der Waals surface area contributed by atoms with Gasteiger partial charge in [0.1, 0.15) is 5.82 Å². The van der Waals surface area contributed by atoms with Gasteiger partial charge in [-0.15, -0.1) is 0 Å².